The molecule has 0 amide bonds. The fourth-order valence-corrected chi connectivity index (χ4v) is 2.88. The summed E-state index contributed by atoms with van der Waals surface area (Å²) in [4.78, 5) is 4.30. The van der Waals surface area contributed by atoms with Crippen molar-refractivity contribution in [2.45, 2.75) is 4.34 Å². The number of thiazole rings is 1. The van der Waals surface area contributed by atoms with E-state index < -0.39 is 0 Å². The van der Waals surface area contributed by atoms with Gasteiger partial charge in [-0.15, -0.1) is 17.9 Å². The van der Waals surface area contributed by atoms with Gasteiger partial charge in [-0.05, 0) is 12.1 Å². The normalized spacial score (nSPS) is 10.6. The van der Waals surface area contributed by atoms with Crippen molar-refractivity contribution in [2.75, 3.05) is 5.75 Å². The van der Waals surface area contributed by atoms with Gasteiger partial charge in [-0.1, -0.05) is 17.8 Å². The minimum absolute atomic E-state index is 0.233. The predicted octanol–water partition coefficient (Wildman–Crippen LogP) is 3.71. The van der Waals surface area contributed by atoms with E-state index in [0.717, 1.165) is 20.3 Å². The maximum Gasteiger partial charge on any atom is 0.151 e. The van der Waals surface area contributed by atoms with Crippen LogP contribution in [0.3, 0.4) is 0 Å². The van der Waals surface area contributed by atoms with Gasteiger partial charge in [0.05, 0.1) is 10.2 Å². The molecule has 0 unspecified atom stereocenters. The number of hydrogen-bond donors (Lipinski definition) is 0. The van der Waals surface area contributed by atoms with Gasteiger partial charge < -0.3 is 0 Å². The summed E-state index contributed by atoms with van der Waals surface area (Å²) in [6, 6.07) is 4.69. The van der Waals surface area contributed by atoms with Gasteiger partial charge in [0.25, 0.3) is 0 Å². The Morgan fingerprint density at radius 3 is 3.21 bits per heavy atom. The number of halogens is 1. The number of fused-ring (bicyclic) bond motifs is 1. The summed E-state index contributed by atoms with van der Waals surface area (Å²) in [6.45, 7) is 3.64. The molecule has 4 heteroatoms. The Balaban J connectivity index is 2.36. The van der Waals surface area contributed by atoms with Crippen LogP contribution in [-0.2, 0) is 0 Å². The fraction of sp³-hybridized carbons (Fsp3) is 0.100. The third-order valence-electron chi connectivity index (χ3n) is 1.65. The molecule has 0 fully saturated rings. The van der Waals surface area contributed by atoms with Crippen LogP contribution in [0.2, 0.25) is 0 Å². The van der Waals surface area contributed by atoms with E-state index in [0.29, 0.717) is 0 Å². The summed E-state index contributed by atoms with van der Waals surface area (Å²) >= 11 is 3.20. The van der Waals surface area contributed by atoms with Crippen LogP contribution in [-0.4, -0.2) is 10.7 Å². The molecule has 2 rings (SSSR count). The molecule has 14 heavy (non-hydrogen) atoms. The molecular formula is C10H8FNS2. The van der Waals surface area contributed by atoms with Crippen LogP contribution in [0.1, 0.15) is 0 Å². The average Bonchev–Trinajstić information content (AvgIpc) is 2.56. The minimum Gasteiger partial charge on any atom is -0.230 e. The van der Waals surface area contributed by atoms with Gasteiger partial charge in [0, 0.05) is 11.8 Å². The molecule has 0 saturated heterocycles. The highest BCUT2D eigenvalue weighted by Gasteiger charge is 2.03. The van der Waals surface area contributed by atoms with E-state index >= 15 is 0 Å². The Hall–Kier alpha value is -0.870. The van der Waals surface area contributed by atoms with Crippen molar-refractivity contribution < 1.29 is 4.39 Å². The van der Waals surface area contributed by atoms with Gasteiger partial charge >= 0.3 is 0 Å². The van der Waals surface area contributed by atoms with Gasteiger partial charge in [0.1, 0.15) is 5.82 Å². The first-order valence-electron chi connectivity index (χ1n) is 4.09. The zero-order valence-corrected chi connectivity index (χ0v) is 9.00. The Morgan fingerprint density at radius 2 is 2.43 bits per heavy atom. The lowest BCUT2D eigenvalue weighted by Crippen LogP contribution is -1.73. The van der Waals surface area contributed by atoms with Crippen molar-refractivity contribution in [3.05, 3.63) is 36.7 Å². The van der Waals surface area contributed by atoms with E-state index in [2.05, 4.69) is 11.6 Å². The van der Waals surface area contributed by atoms with Gasteiger partial charge in [-0.2, -0.15) is 0 Å². The lowest BCUT2D eigenvalue weighted by atomic mass is 10.3. The number of nitrogens with zero attached hydrogens (tertiary/aromatic N) is 1. The Morgan fingerprint density at radius 1 is 1.57 bits per heavy atom. The first kappa shape index (κ1) is 9.68. The molecule has 0 saturated carbocycles. The number of thioether (sulfide) groups is 1. The van der Waals surface area contributed by atoms with Crippen LogP contribution in [0.4, 0.5) is 4.39 Å². The van der Waals surface area contributed by atoms with Crippen LogP contribution >= 0.6 is 23.1 Å². The Kier molecular flexibility index (Phi) is 2.84. The molecular weight excluding hydrogens is 217 g/mol. The van der Waals surface area contributed by atoms with Crippen molar-refractivity contribution in [1.82, 2.24) is 4.98 Å². The molecule has 0 radical (unpaired) electrons. The average molecular weight is 225 g/mol. The standard InChI is InChI=1S/C10H8FNS2/c1-2-5-13-10-12-8-6-7(11)3-4-9(8)14-10/h2-4,6H,1,5H2. The summed E-state index contributed by atoms with van der Waals surface area (Å²) in [6.07, 6.45) is 1.83. The molecule has 1 aromatic heterocycles. The van der Waals surface area contributed by atoms with Gasteiger partial charge in [0.2, 0.25) is 0 Å². The molecule has 0 spiro atoms. The van der Waals surface area contributed by atoms with Gasteiger partial charge in [-0.25, -0.2) is 9.37 Å². The summed E-state index contributed by atoms with van der Waals surface area (Å²) in [5, 5.41) is 0. The van der Waals surface area contributed by atoms with Gasteiger partial charge in [0.15, 0.2) is 4.34 Å². The predicted molar refractivity (Wildman–Crippen MR) is 60.5 cm³/mol. The lowest BCUT2D eigenvalue weighted by molar-refractivity contribution is 0.629. The number of aromatic nitrogens is 1. The number of hydrogen-bond acceptors (Lipinski definition) is 3. The third-order valence-corrected chi connectivity index (χ3v) is 3.83. The quantitative estimate of drug-likeness (QED) is 0.583. The maximum atomic E-state index is 12.8. The molecule has 0 N–H and O–H groups in total. The summed E-state index contributed by atoms with van der Waals surface area (Å²) in [7, 11) is 0. The third kappa shape index (κ3) is 1.96. The molecule has 2 aromatic rings. The zero-order valence-electron chi connectivity index (χ0n) is 7.37. The van der Waals surface area contributed by atoms with E-state index in [4.69, 9.17) is 0 Å². The molecule has 0 aliphatic rings. The van der Waals surface area contributed by atoms with Crippen LogP contribution in [0, 0.1) is 5.82 Å². The topological polar surface area (TPSA) is 12.9 Å². The number of benzene rings is 1. The summed E-state index contributed by atoms with van der Waals surface area (Å²) in [5.41, 5.74) is 0.738. The largest absolute Gasteiger partial charge is 0.230 e. The van der Waals surface area contributed by atoms with Crippen molar-refractivity contribution in [3.8, 4) is 0 Å². The van der Waals surface area contributed by atoms with Crippen LogP contribution in [0.5, 0.6) is 0 Å². The van der Waals surface area contributed by atoms with E-state index in [9.17, 15) is 4.39 Å². The van der Waals surface area contributed by atoms with E-state index in [1.54, 1.807) is 29.2 Å². The highest BCUT2D eigenvalue weighted by atomic mass is 32.2. The fourth-order valence-electron chi connectivity index (χ4n) is 1.07. The van der Waals surface area contributed by atoms with Crippen molar-refractivity contribution in [2.24, 2.45) is 0 Å². The van der Waals surface area contributed by atoms with Crippen LogP contribution in [0.15, 0.2) is 35.2 Å². The number of rotatable bonds is 3. The van der Waals surface area contributed by atoms with Crippen molar-refractivity contribution in [1.29, 1.82) is 0 Å². The van der Waals surface area contributed by atoms with Crippen LogP contribution < -0.4 is 0 Å². The highest BCUT2D eigenvalue weighted by molar-refractivity contribution is 8.01. The Bertz CT molecular complexity index is 464. The second-order valence-electron chi connectivity index (χ2n) is 2.69. The molecule has 0 atom stereocenters. The second-order valence-corrected chi connectivity index (χ2v) is 4.99. The van der Waals surface area contributed by atoms with Crippen molar-refractivity contribution >= 4 is 33.3 Å². The van der Waals surface area contributed by atoms with Crippen LogP contribution in [0.25, 0.3) is 10.2 Å². The molecule has 0 aliphatic carbocycles. The Labute approximate surface area is 89.7 Å². The van der Waals surface area contributed by atoms with Crippen molar-refractivity contribution in [3.63, 3.8) is 0 Å². The summed E-state index contributed by atoms with van der Waals surface area (Å²) < 4.78 is 14.8. The lowest BCUT2D eigenvalue weighted by Gasteiger charge is -1.86. The monoisotopic (exact) mass is 225 g/mol. The van der Waals surface area contributed by atoms with Gasteiger partial charge in [-0.3, -0.25) is 0 Å². The molecule has 1 heterocycles. The smallest absolute Gasteiger partial charge is 0.151 e. The van der Waals surface area contributed by atoms with E-state index in [1.165, 1.54) is 12.1 Å². The molecule has 1 nitrogen and oxygen atoms in total. The second kappa shape index (κ2) is 4.11. The molecule has 0 bridgehead atoms. The molecule has 72 valence electrons. The van der Waals surface area contributed by atoms with E-state index in [-0.39, 0.29) is 5.82 Å². The maximum absolute atomic E-state index is 12.8. The van der Waals surface area contributed by atoms with E-state index in [1.807, 2.05) is 6.08 Å². The molecule has 1 aromatic carbocycles. The SMILES string of the molecule is C=CCSc1nc2cc(F)ccc2s1. The minimum atomic E-state index is -0.233. The zero-order chi connectivity index (χ0) is 9.97. The molecule has 0 aliphatic heterocycles. The first-order valence-corrected chi connectivity index (χ1v) is 5.89. The highest BCUT2D eigenvalue weighted by Crippen LogP contribution is 2.29. The summed E-state index contributed by atoms with van der Waals surface area (Å²) in [5.74, 6) is 0.602. The first-order chi connectivity index (χ1) is 6.79.